The maximum atomic E-state index is 10.9. The van der Waals surface area contributed by atoms with Gasteiger partial charge in [0.15, 0.2) is 0 Å². The van der Waals surface area contributed by atoms with Gasteiger partial charge >= 0.3 is 5.97 Å². The minimum Gasteiger partial charge on any atom is -0.476 e. The van der Waals surface area contributed by atoms with Crippen molar-refractivity contribution in [3.05, 3.63) is 0 Å². The minimum atomic E-state index is -1.29. The summed E-state index contributed by atoms with van der Waals surface area (Å²) in [6.07, 6.45) is 19.2. The van der Waals surface area contributed by atoms with Crippen molar-refractivity contribution >= 4 is 27.7 Å². The molecule has 0 saturated carbocycles. The summed E-state index contributed by atoms with van der Waals surface area (Å²) in [4.78, 5) is 21.2. The van der Waals surface area contributed by atoms with E-state index in [4.69, 9.17) is 5.11 Å². The fourth-order valence-corrected chi connectivity index (χ4v) is 3.18. The molecule has 136 valence electrons. The Bertz CT molecular complexity index is 292. The number of hydrogen-bond donors (Lipinski definition) is 1. The molecule has 0 aliphatic heterocycles. The van der Waals surface area contributed by atoms with Gasteiger partial charge in [0.2, 0.25) is 5.78 Å². The first-order chi connectivity index (χ1) is 11.2. The van der Waals surface area contributed by atoms with Crippen LogP contribution in [0.15, 0.2) is 0 Å². The van der Waals surface area contributed by atoms with Gasteiger partial charge < -0.3 is 5.11 Å². The number of rotatable bonds is 18. The molecular formula is C19H35BrO3. The van der Waals surface area contributed by atoms with E-state index in [0.29, 0.717) is 0 Å². The fraction of sp³-hybridized carbons (Fsp3) is 0.895. The van der Waals surface area contributed by atoms with Crippen LogP contribution >= 0.6 is 15.9 Å². The number of carbonyl (C=O) groups is 2. The molecule has 23 heavy (non-hydrogen) atoms. The first kappa shape index (κ1) is 22.6. The van der Waals surface area contributed by atoms with Crippen LogP contribution in [-0.4, -0.2) is 22.2 Å². The van der Waals surface area contributed by atoms with Gasteiger partial charge in [-0.25, -0.2) is 4.79 Å². The van der Waals surface area contributed by atoms with E-state index in [-0.39, 0.29) is 6.42 Å². The van der Waals surface area contributed by atoms with Gasteiger partial charge in [-0.15, -0.1) is 0 Å². The van der Waals surface area contributed by atoms with Gasteiger partial charge in [0.05, 0.1) is 0 Å². The summed E-state index contributed by atoms with van der Waals surface area (Å²) < 4.78 is 0. The third-order valence-electron chi connectivity index (χ3n) is 4.28. The molecule has 0 saturated heterocycles. The highest BCUT2D eigenvalue weighted by molar-refractivity contribution is 9.09. The second-order valence-corrected chi connectivity index (χ2v) is 7.26. The number of hydrogen-bond acceptors (Lipinski definition) is 2. The Morgan fingerprint density at radius 1 is 0.565 bits per heavy atom. The molecule has 3 nitrogen and oxygen atoms in total. The van der Waals surface area contributed by atoms with Crippen LogP contribution in [0.2, 0.25) is 0 Å². The van der Waals surface area contributed by atoms with Gasteiger partial charge in [-0.3, -0.25) is 4.79 Å². The Kier molecular flexibility index (Phi) is 17.7. The Labute approximate surface area is 150 Å². The van der Waals surface area contributed by atoms with E-state index in [1.807, 2.05) is 0 Å². The molecule has 1 N–H and O–H groups in total. The quantitative estimate of drug-likeness (QED) is 0.170. The Hall–Kier alpha value is -0.380. The first-order valence-electron chi connectivity index (χ1n) is 9.50. The zero-order chi connectivity index (χ0) is 17.2. The highest BCUT2D eigenvalue weighted by Crippen LogP contribution is 2.13. The largest absolute Gasteiger partial charge is 0.476 e. The molecule has 0 rings (SSSR count). The van der Waals surface area contributed by atoms with Crippen LogP contribution < -0.4 is 0 Å². The minimum absolute atomic E-state index is 0.200. The van der Waals surface area contributed by atoms with Crippen molar-refractivity contribution in [2.75, 3.05) is 5.33 Å². The zero-order valence-electron chi connectivity index (χ0n) is 14.7. The van der Waals surface area contributed by atoms with Crippen molar-refractivity contribution in [3.8, 4) is 0 Å². The highest BCUT2D eigenvalue weighted by Gasteiger charge is 2.09. The van der Waals surface area contributed by atoms with E-state index in [0.717, 1.165) is 24.6 Å². The lowest BCUT2D eigenvalue weighted by atomic mass is 10.0. The number of carboxylic acid groups (broad SMARTS) is 1. The summed E-state index contributed by atoms with van der Waals surface area (Å²) in [6, 6.07) is 0. The number of halogens is 1. The first-order valence-corrected chi connectivity index (χ1v) is 10.6. The Morgan fingerprint density at radius 2 is 0.870 bits per heavy atom. The molecular weight excluding hydrogens is 356 g/mol. The van der Waals surface area contributed by atoms with Crippen LogP contribution in [0.3, 0.4) is 0 Å². The van der Waals surface area contributed by atoms with Gasteiger partial charge in [0.1, 0.15) is 0 Å². The number of alkyl halides is 1. The molecule has 0 unspecified atom stereocenters. The maximum absolute atomic E-state index is 10.9. The predicted octanol–water partition coefficient (Wildman–Crippen LogP) is 6.28. The van der Waals surface area contributed by atoms with Crippen LogP contribution in [0, 0.1) is 0 Å². The lowest BCUT2D eigenvalue weighted by Crippen LogP contribution is -2.11. The molecule has 0 aliphatic carbocycles. The number of ketones is 1. The molecule has 0 aromatic rings. The van der Waals surface area contributed by atoms with E-state index in [1.54, 1.807) is 0 Å². The second kappa shape index (κ2) is 18.0. The molecule has 4 heteroatoms. The molecule has 0 aromatic carbocycles. The molecule has 0 radical (unpaired) electrons. The smallest absolute Gasteiger partial charge is 0.372 e. The van der Waals surface area contributed by atoms with Crippen molar-refractivity contribution in [3.63, 3.8) is 0 Å². The topological polar surface area (TPSA) is 54.4 Å². The van der Waals surface area contributed by atoms with Gasteiger partial charge in [-0.05, 0) is 12.8 Å². The van der Waals surface area contributed by atoms with Gasteiger partial charge in [0.25, 0.3) is 0 Å². The summed E-state index contributed by atoms with van der Waals surface area (Å²) in [7, 11) is 0. The molecule has 0 heterocycles. The summed E-state index contributed by atoms with van der Waals surface area (Å²) in [6.45, 7) is 0. The number of Topliss-reactive ketones (excluding diaryl/α,β-unsaturated/α-hetero) is 1. The van der Waals surface area contributed by atoms with Crippen LogP contribution in [0.1, 0.15) is 103 Å². The van der Waals surface area contributed by atoms with E-state index in [1.165, 1.54) is 77.0 Å². The summed E-state index contributed by atoms with van der Waals surface area (Å²) >= 11 is 3.47. The van der Waals surface area contributed by atoms with Crippen molar-refractivity contribution in [1.29, 1.82) is 0 Å². The van der Waals surface area contributed by atoms with Crippen molar-refractivity contribution in [2.45, 2.75) is 103 Å². The van der Waals surface area contributed by atoms with Crippen LogP contribution in [-0.2, 0) is 9.59 Å². The molecule has 0 aromatic heterocycles. The molecule has 0 spiro atoms. The number of carbonyl (C=O) groups excluding carboxylic acids is 1. The Morgan fingerprint density at radius 3 is 1.17 bits per heavy atom. The predicted molar refractivity (Wildman–Crippen MR) is 100 cm³/mol. The summed E-state index contributed by atoms with van der Waals surface area (Å²) in [5.41, 5.74) is 0. The third kappa shape index (κ3) is 17.8. The maximum Gasteiger partial charge on any atom is 0.372 e. The van der Waals surface area contributed by atoms with Gasteiger partial charge in [0, 0.05) is 11.8 Å². The molecule has 0 atom stereocenters. The molecule has 0 bridgehead atoms. The van der Waals surface area contributed by atoms with Gasteiger partial charge in [-0.2, -0.15) is 0 Å². The number of carboxylic acids is 1. The molecule has 0 aliphatic rings. The van der Waals surface area contributed by atoms with E-state index >= 15 is 0 Å². The highest BCUT2D eigenvalue weighted by atomic mass is 79.9. The van der Waals surface area contributed by atoms with Crippen LogP contribution in [0.4, 0.5) is 0 Å². The average Bonchev–Trinajstić information content (AvgIpc) is 2.54. The lowest BCUT2D eigenvalue weighted by Gasteiger charge is -2.03. The van der Waals surface area contributed by atoms with E-state index in [9.17, 15) is 9.59 Å². The van der Waals surface area contributed by atoms with Crippen LogP contribution in [0.5, 0.6) is 0 Å². The van der Waals surface area contributed by atoms with E-state index in [2.05, 4.69) is 15.9 Å². The fourth-order valence-electron chi connectivity index (χ4n) is 2.79. The van der Waals surface area contributed by atoms with Crippen molar-refractivity contribution in [2.24, 2.45) is 0 Å². The number of unbranched alkanes of at least 4 members (excludes halogenated alkanes) is 14. The Balaban J connectivity index is 3.05. The lowest BCUT2D eigenvalue weighted by molar-refractivity contribution is -0.149. The normalized spacial score (nSPS) is 10.8. The van der Waals surface area contributed by atoms with E-state index < -0.39 is 11.8 Å². The zero-order valence-corrected chi connectivity index (χ0v) is 16.2. The second-order valence-electron chi connectivity index (χ2n) is 6.47. The molecule has 0 amide bonds. The number of aliphatic carboxylic acids is 1. The average molecular weight is 391 g/mol. The third-order valence-corrected chi connectivity index (χ3v) is 4.84. The standard InChI is InChI=1S/C19H35BrO3/c20-17-15-13-11-9-7-5-3-1-2-4-6-8-10-12-14-16-18(21)19(22)23/h1-17H2,(H,22,23). The van der Waals surface area contributed by atoms with Crippen molar-refractivity contribution < 1.29 is 14.7 Å². The van der Waals surface area contributed by atoms with Crippen molar-refractivity contribution in [1.82, 2.24) is 0 Å². The van der Waals surface area contributed by atoms with Crippen LogP contribution in [0.25, 0.3) is 0 Å². The summed E-state index contributed by atoms with van der Waals surface area (Å²) in [5, 5.41) is 9.60. The SMILES string of the molecule is O=C(O)C(=O)CCCCCCCCCCCCCCCCCBr. The summed E-state index contributed by atoms with van der Waals surface area (Å²) in [5.74, 6) is -1.93. The molecule has 0 fully saturated rings. The van der Waals surface area contributed by atoms with Gasteiger partial charge in [-0.1, -0.05) is 99.4 Å². The monoisotopic (exact) mass is 390 g/mol.